The number of carboxylic acid groups (broad SMARTS) is 1. The second kappa shape index (κ2) is 2.70. The van der Waals surface area contributed by atoms with Crippen molar-refractivity contribution in [1.29, 1.82) is 5.26 Å². The van der Waals surface area contributed by atoms with Gasteiger partial charge >= 0.3 is 5.97 Å². The van der Waals surface area contributed by atoms with Crippen molar-refractivity contribution in [2.45, 2.75) is 19.3 Å². The van der Waals surface area contributed by atoms with Gasteiger partial charge in [0.2, 0.25) is 0 Å². The molecular weight excluding hydrogens is 130 g/mol. The molecule has 1 saturated carbocycles. The highest BCUT2D eigenvalue weighted by Gasteiger charge is 2.28. The predicted octanol–water partition coefficient (Wildman–Crippen LogP) is 1.01. The Balaban J connectivity index is 2.33. The molecule has 54 valence electrons. The number of hydrogen-bond acceptors (Lipinski definition) is 2. The first-order valence-electron chi connectivity index (χ1n) is 3.36. The van der Waals surface area contributed by atoms with Crippen LogP contribution < -0.4 is 0 Å². The van der Waals surface area contributed by atoms with Gasteiger partial charge in [0.15, 0.2) is 0 Å². The van der Waals surface area contributed by atoms with Gasteiger partial charge in [-0.15, -0.1) is 0 Å². The maximum Gasteiger partial charge on any atom is 0.320 e. The summed E-state index contributed by atoms with van der Waals surface area (Å²) < 4.78 is 0. The first kappa shape index (κ1) is 7.07. The molecule has 1 aliphatic rings. The molecule has 0 spiro atoms. The largest absolute Gasteiger partial charge is 0.480 e. The minimum absolute atomic E-state index is 0.515. The van der Waals surface area contributed by atoms with Crippen LogP contribution in [0.5, 0.6) is 0 Å². The summed E-state index contributed by atoms with van der Waals surface area (Å²) >= 11 is 0. The number of rotatable bonds is 3. The monoisotopic (exact) mass is 139 g/mol. The number of carboxylic acids is 1. The van der Waals surface area contributed by atoms with Gasteiger partial charge < -0.3 is 5.11 Å². The van der Waals surface area contributed by atoms with E-state index in [9.17, 15) is 4.79 Å². The van der Waals surface area contributed by atoms with Crippen molar-refractivity contribution in [2.24, 2.45) is 11.8 Å². The lowest BCUT2D eigenvalue weighted by atomic mass is 10.1. The van der Waals surface area contributed by atoms with Gasteiger partial charge in [0.05, 0.1) is 6.07 Å². The Bertz CT molecular complexity index is 179. The zero-order valence-corrected chi connectivity index (χ0v) is 5.58. The molecule has 0 aromatic rings. The second-order valence-electron chi connectivity index (χ2n) is 2.70. The summed E-state index contributed by atoms with van der Waals surface area (Å²) in [6.07, 6.45) is 2.75. The highest BCUT2D eigenvalue weighted by atomic mass is 16.4. The lowest BCUT2D eigenvalue weighted by Gasteiger charge is -1.98. The molecule has 0 heterocycles. The van der Waals surface area contributed by atoms with Gasteiger partial charge in [0, 0.05) is 0 Å². The van der Waals surface area contributed by atoms with Crippen molar-refractivity contribution in [3.8, 4) is 6.07 Å². The summed E-state index contributed by atoms with van der Waals surface area (Å²) in [5.41, 5.74) is 0. The van der Waals surface area contributed by atoms with Gasteiger partial charge in [-0.2, -0.15) is 5.26 Å². The van der Waals surface area contributed by atoms with Crippen LogP contribution in [0.25, 0.3) is 0 Å². The van der Waals surface area contributed by atoms with Gasteiger partial charge in [-0.1, -0.05) is 12.8 Å². The van der Waals surface area contributed by atoms with Gasteiger partial charge in [0.1, 0.15) is 5.92 Å². The highest BCUT2D eigenvalue weighted by molar-refractivity contribution is 5.72. The molecule has 1 fully saturated rings. The van der Waals surface area contributed by atoms with Crippen LogP contribution in [0.1, 0.15) is 19.3 Å². The van der Waals surface area contributed by atoms with Crippen LogP contribution in [0.3, 0.4) is 0 Å². The Labute approximate surface area is 59.3 Å². The van der Waals surface area contributed by atoms with Gasteiger partial charge in [-0.05, 0) is 12.3 Å². The van der Waals surface area contributed by atoms with Crippen LogP contribution in [0.2, 0.25) is 0 Å². The molecule has 0 bridgehead atoms. The average molecular weight is 139 g/mol. The molecule has 1 N–H and O–H groups in total. The minimum Gasteiger partial charge on any atom is -0.480 e. The molecule has 1 rings (SSSR count). The summed E-state index contributed by atoms with van der Waals surface area (Å²) in [7, 11) is 0. The fourth-order valence-corrected chi connectivity index (χ4v) is 0.896. The lowest BCUT2D eigenvalue weighted by molar-refractivity contribution is -0.140. The van der Waals surface area contributed by atoms with E-state index in [1.165, 1.54) is 0 Å². The topological polar surface area (TPSA) is 61.1 Å². The highest BCUT2D eigenvalue weighted by Crippen LogP contribution is 2.35. The van der Waals surface area contributed by atoms with Gasteiger partial charge in [0.25, 0.3) is 0 Å². The van der Waals surface area contributed by atoms with E-state index in [-0.39, 0.29) is 0 Å². The van der Waals surface area contributed by atoms with Crippen LogP contribution in [-0.2, 0) is 4.79 Å². The fourth-order valence-electron chi connectivity index (χ4n) is 0.896. The third-order valence-electron chi connectivity index (χ3n) is 1.72. The fraction of sp³-hybridized carbons (Fsp3) is 0.714. The number of nitriles is 1. The van der Waals surface area contributed by atoms with Crippen molar-refractivity contribution >= 4 is 5.97 Å². The Morgan fingerprint density at radius 2 is 2.40 bits per heavy atom. The second-order valence-corrected chi connectivity index (χ2v) is 2.70. The zero-order valence-electron chi connectivity index (χ0n) is 5.58. The van der Waals surface area contributed by atoms with Crippen LogP contribution >= 0.6 is 0 Å². The Morgan fingerprint density at radius 3 is 2.70 bits per heavy atom. The predicted molar refractivity (Wildman–Crippen MR) is 34.1 cm³/mol. The van der Waals surface area contributed by atoms with Crippen LogP contribution in [0.15, 0.2) is 0 Å². The zero-order chi connectivity index (χ0) is 7.56. The van der Waals surface area contributed by atoms with Crippen molar-refractivity contribution in [2.75, 3.05) is 0 Å². The molecule has 0 unspecified atom stereocenters. The number of aliphatic carboxylic acids is 1. The SMILES string of the molecule is N#C[C@H](CC1CC1)C(=O)O. The van der Waals surface area contributed by atoms with Gasteiger partial charge in [-0.3, -0.25) is 4.79 Å². The van der Waals surface area contributed by atoms with Crippen LogP contribution in [-0.4, -0.2) is 11.1 Å². The molecule has 3 nitrogen and oxygen atoms in total. The summed E-state index contributed by atoms with van der Waals surface area (Å²) in [5, 5.41) is 16.8. The molecule has 0 aliphatic heterocycles. The number of nitrogens with zero attached hydrogens (tertiary/aromatic N) is 1. The van der Waals surface area contributed by atoms with E-state index < -0.39 is 11.9 Å². The van der Waals surface area contributed by atoms with Crippen molar-refractivity contribution < 1.29 is 9.90 Å². The molecule has 0 aromatic heterocycles. The first-order chi connectivity index (χ1) is 4.74. The third-order valence-corrected chi connectivity index (χ3v) is 1.72. The maximum atomic E-state index is 10.3. The summed E-state index contributed by atoms with van der Waals surface area (Å²) in [4.78, 5) is 10.3. The van der Waals surface area contributed by atoms with Crippen molar-refractivity contribution in [3.05, 3.63) is 0 Å². The molecular formula is C7H9NO2. The van der Waals surface area contributed by atoms with Crippen molar-refractivity contribution in [1.82, 2.24) is 0 Å². The van der Waals surface area contributed by atoms with Crippen LogP contribution in [0.4, 0.5) is 0 Å². The van der Waals surface area contributed by atoms with E-state index >= 15 is 0 Å². The molecule has 1 atom stereocenters. The molecule has 0 saturated heterocycles. The number of carbonyl (C=O) groups is 1. The van der Waals surface area contributed by atoms with E-state index in [0.717, 1.165) is 12.8 Å². The Hall–Kier alpha value is -1.04. The minimum atomic E-state index is -0.977. The van der Waals surface area contributed by atoms with Crippen molar-refractivity contribution in [3.63, 3.8) is 0 Å². The standard InChI is InChI=1S/C7H9NO2/c8-4-6(7(9)10)3-5-1-2-5/h5-6H,1-3H2,(H,9,10)/t6-/m0/s1. The van der Waals surface area contributed by atoms with E-state index in [1.54, 1.807) is 6.07 Å². The first-order valence-corrected chi connectivity index (χ1v) is 3.36. The molecule has 1 aliphatic carbocycles. The third kappa shape index (κ3) is 1.73. The quantitative estimate of drug-likeness (QED) is 0.634. The Morgan fingerprint density at radius 1 is 1.80 bits per heavy atom. The molecule has 0 aromatic carbocycles. The van der Waals surface area contributed by atoms with E-state index in [1.807, 2.05) is 0 Å². The lowest BCUT2D eigenvalue weighted by Crippen LogP contribution is -2.11. The molecule has 0 radical (unpaired) electrons. The Kier molecular flexibility index (Phi) is 1.91. The summed E-state index contributed by atoms with van der Waals surface area (Å²) in [6.45, 7) is 0. The van der Waals surface area contributed by atoms with E-state index in [4.69, 9.17) is 10.4 Å². The van der Waals surface area contributed by atoms with Gasteiger partial charge in [-0.25, -0.2) is 0 Å². The summed E-state index contributed by atoms with van der Waals surface area (Å²) in [6, 6.07) is 1.77. The average Bonchev–Trinajstić information content (AvgIpc) is 2.64. The maximum absolute atomic E-state index is 10.3. The normalized spacial score (nSPS) is 19.5. The van der Waals surface area contributed by atoms with E-state index in [2.05, 4.69) is 0 Å². The molecule has 10 heavy (non-hydrogen) atoms. The number of hydrogen-bond donors (Lipinski definition) is 1. The molecule has 0 amide bonds. The molecule has 3 heteroatoms. The smallest absolute Gasteiger partial charge is 0.320 e. The summed E-state index contributed by atoms with van der Waals surface area (Å²) in [5.74, 6) is -1.23. The van der Waals surface area contributed by atoms with E-state index in [0.29, 0.717) is 12.3 Å². The van der Waals surface area contributed by atoms with Crippen LogP contribution in [0, 0.1) is 23.2 Å².